The quantitative estimate of drug-likeness (QED) is 0.836. The van der Waals surface area contributed by atoms with Crippen LogP contribution in [0.4, 0.5) is 13.2 Å². The van der Waals surface area contributed by atoms with Crippen molar-refractivity contribution in [1.29, 1.82) is 0 Å². The van der Waals surface area contributed by atoms with Crippen molar-refractivity contribution in [2.75, 3.05) is 13.2 Å². The van der Waals surface area contributed by atoms with E-state index in [1.54, 1.807) is 0 Å². The predicted octanol–water partition coefficient (Wildman–Crippen LogP) is 2.96. The van der Waals surface area contributed by atoms with E-state index in [0.29, 0.717) is 17.8 Å². The van der Waals surface area contributed by atoms with E-state index in [-0.39, 0.29) is 12.6 Å². The fourth-order valence-electron chi connectivity index (χ4n) is 2.81. The van der Waals surface area contributed by atoms with E-state index < -0.39 is 12.8 Å². The Balaban J connectivity index is 2.29. The summed E-state index contributed by atoms with van der Waals surface area (Å²) in [6.07, 6.45) is -1.07. The summed E-state index contributed by atoms with van der Waals surface area (Å²) in [5.41, 5.74) is 5.91. The van der Waals surface area contributed by atoms with Gasteiger partial charge in [0.1, 0.15) is 6.61 Å². The van der Waals surface area contributed by atoms with Crippen LogP contribution >= 0.6 is 0 Å². The van der Waals surface area contributed by atoms with Crippen LogP contribution in [0.5, 0.6) is 0 Å². The Bertz CT molecular complexity index is 222. The van der Waals surface area contributed by atoms with E-state index in [1.807, 2.05) is 0 Å². The van der Waals surface area contributed by atoms with Gasteiger partial charge in [0.2, 0.25) is 0 Å². The lowest BCUT2D eigenvalue weighted by Gasteiger charge is -2.34. The van der Waals surface area contributed by atoms with Crippen LogP contribution in [-0.4, -0.2) is 25.4 Å². The molecule has 1 fully saturated rings. The first kappa shape index (κ1) is 14.8. The number of hydrogen-bond donors (Lipinski definition) is 1. The third kappa shape index (κ3) is 5.73. The molecule has 0 saturated heterocycles. The van der Waals surface area contributed by atoms with Gasteiger partial charge >= 0.3 is 6.18 Å². The maximum atomic E-state index is 11.9. The molecule has 3 unspecified atom stereocenters. The second kappa shape index (κ2) is 6.05. The maximum Gasteiger partial charge on any atom is 0.411 e. The van der Waals surface area contributed by atoms with Gasteiger partial charge in [0.25, 0.3) is 0 Å². The summed E-state index contributed by atoms with van der Waals surface area (Å²) in [5.74, 6) is 1.51. The first-order valence-electron chi connectivity index (χ1n) is 6.18. The minimum atomic E-state index is -4.26. The van der Waals surface area contributed by atoms with E-state index in [0.717, 1.165) is 12.8 Å². The monoisotopic (exact) mass is 253 g/mol. The molecule has 0 amide bonds. The molecule has 1 aliphatic rings. The lowest BCUT2D eigenvalue weighted by Crippen LogP contribution is -2.39. The second-order valence-electron chi connectivity index (χ2n) is 5.47. The Morgan fingerprint density at radius 1 is 1.18 bits per heavy atom. The summed E-state index contributed by atoms with van der Waals surface area (Å²) in [7, 11) is 0. The van der Waals surface area contributed by atoms with Crippen LogP contribution in [0.3, 0.4) is 0 Å². The number of alkyl halides is 3. The molecule has 17 heavy (non-hydrogen) atoms. The molecule has 0 aliphatic heterocycles. The van der Waals surface area contributed by atoms with Gasteiger partial charge in [-0.05, 0) is 37.0 Å². The number of rotatable bonds is 4. The Hall–Kier alpha value is -0.290. The van der Waals surface area contributed by atoms with Crippen LogP contribution in [0.1, 0.15) is 33.1 Å². The molecule has 1 saturated carbocycles. The van der Waals surface area contributed by atoms with Crippen LogP contribution < -0.4 is 5.73 Å². The molecular weight excluding hydrogens is 231 g/mol. The fourth-order valence-corrected chi connectivity index (χ4v) is 2.81. The molecule has 0 aromatic carbocycles. The van der Waals surface area contributed by atoms with Crippen molar-refractivity contribution < 1.29 is 17.9 Å². The highest BCUT2D eigenvalue weighted by molar-refractivity contribution is 4.81. The van der Waals surface area contributed by atoms with Gasteiger partial charge in [0.15, 0.2) is 0 Å². The molecule has 1 aliphatic carbocycles. The van der Waals surface area contributed by atoms with Crippen molar-refractivity contribution in [3.8, 4) is 0 Å². The highest BCUT2D eigenvalue weighted by atomic mass is 19.4. The standard InChI is InChI=1S/C12H22F3NO/c1-8-3-9(2)5-10(4-8)11(16)6-17-7-12(13,14)15/h8-11H,3-7,16H2,1-2H3. The first-order valence-corrected chi connectivity index (χ1v) is 6.18. The Labute approximate surface area is 101 Å². The van der Waals surface area contributed by atoms with E-state index in [2.05, 4.69) is 18.6 Å². The Kier molecular flexibility index (Phi) is 5.25. The normalized spacial score (nSPS) is 32.5. The smallest absolute Gasteiger partial charge is 0.370 e. The van der Waals surface area contributed by atoms with Crippen LogP contribution in [0.15, 0.2) is 0 Å². The van der Waals surface area contributed by atoms with Gasteiger partial charge in [-0.25, -0.2) is 0 Å². The molecule has 0 heterocycles. The average molecular weight is 253 g/mol. The third-order valence-electron chi connectivity index (χ3n) is 3.40. The highest BCUT2D eigenvalue weighted by Crippen LogP contribution is 2.34. The zero-order valence-electron chi connectivity index (χ0n) is 10.5. The van der Waals surface area contributed by atoms with Gasteiger partial charge in [-0.3, -0.25) is 0 Å². The minimum Gasteiger partial charge on any atom is -0.370 e. The lowest BCUT2D eigenvalue weighted by atomic mass is 9.74. The molecule has 2 nitrogen and oxygen atoms in total. The van der Waals surface area contributed by atoms with Crippen molar-refractivity contribution in [3.05, 3.63) is 0 Å². The van der Waals surface area contributed by atoms with Crippen molar-refractivity contribution in [2.24, 2.45) is 23.5 Å². The second-order valence-corrected chi connectivity index (χ2v) is 5.47. The molecule has 5 heteroatoms. The predicted molar refractivity (Wildman–Crippen MR) is 60.5 cm³/mol. The molecule has 0 aromatic rings. The lowest BCUT2D eigenvalue weighted by molar-refractivity contribution is -0.175. The molecule has 0 bridgehead atoms. The molecule has 1 rings (SSSR count). The van der Waals surface area contributed by atoms with Gasteiger partial charge in [0.05, 0.1) is 6.61 Å². The van der Waals surface area contributed by atoms with Crippen LogP contribution in [0.2, 0.25) is 0 Å². The zero-order valence-corrected chi connectivity index (χ0v) is 10.5. The van der Waals surface area contributed by atoms with Crippen LogP contribution in [-0.2, 0) is 4.74 Å². The van der Waals surface area contributed by atoms with Crippen molar-refractivity contribution in [3.63, 3.8) is 0 Å². The van der Waals surface area contributed by atoms with Crippen molar-refractivity contribution in [1.82, 2.24) is 0 Å². The molecule has 2 N–H and O–H groups in total. The number of hydrogen-bond acceptors (Lipinski definition) is 2. The molecule has 3 atom stereocenters. The Morgan fingerprint density at radius 2 is 1.71 bits per heavy atom. The summed E-state index contributed by atoms with van der Waals surface area (Å²) < 4.78 is 40.4. The minimum absolute atomic E-state index is 0.00359. The SMILES string of the molecule is CC1CC(C)CC(C(N)COCC(F)(F)F)C1. The number of ether oxygens (including phenoxy) is 1. The van der Waals surface area contributed by atoms with E-state index >= 15 is 0 Å². The number of nitrogens with two attached hydrogens (primary N) is 1. The summed E-state index contributed by atoms with van der Waals surface area (Å²) in [5, 5.41) is 0. The molecule has 0 spiro atoms. The highest BCUT2D eigenvalue weighted by Gasteiger charge is 2.31. The van der Waals surface area contributed by atoms with Gasteiger partial charge in [-0.2, -0.15) is 13.2 Å². The van der Waals surface area contributed by atoms with Crippen LogP contribution in [0.25, 0.3) is 0 Å². The van der Waals surface area contributed by atoms with Gasteiger partial charge in [0, 0.05) is 6.04 Å². The van der Waals surface area contributed by atoms with Gasteiger partial charge in [-0.1, -0.05) is 13.8 Å². The van der Waals surface area contributed by atoms with E-state index in [1.165, 1.54) is 6.42 Å². The van der Waals surface area contributed by atoms with E-state index in [9.17, 15) is 13.2 Å². The summed E-state index contributed by atoms with van der Waals surface area (Å²) in [6, 6.07) is -0.275. The van der Waals surface area contributed by atoms with E-state index in [4.69, 9.17) is 5.73 Å². The average Bonchev–Trinajstić information content (AvgIpc) is 2.13. The molecular formula is C12H22F3NO. The largest absolute Gasteiger partial charge is 0.411 e. The maximum absolute atomic E-state index is 11.9. The molecule has 0 aromatic heterocycles. The fraction of sp³-hybridized carbons (Fsp3) is 1.00. The van der Waals surface area contributed by atoms with Crippen molar-refractivity contribution in [2.45, 2.75) is 45.3 Å². The van der Waals surface area contributed by atoms with Gasteiger partial charge in [-0.15, -0.1) is 0 Å². The third-order valence-corrected chi connectivity index (χ3v) is 3.40. The molecule has 102 valence electrons. The summed E-state index contributed by atoms with van der Waals surface area (Å²) in [4.78, 5) is 0. The molecule has 0 radical (unpaired) electrons. The topological polar surface area (TPSA) is 35.2 Å². The number of halogens is 3. The van der Waals surface area contributed by atoms with Crippen molar-refractivity contribution >= 4 is 0 Å². The first-order chi connectivity index (χ1) is 7.78. The Morgan fingerprint density at radius 3 is 2.18 bits per heavy atom. The van der Waals surface area contributed by atoms with Crippen LogP contribution in [0, 0.1) is 17.8 Å². The zero-order chi connectivity index (χ0) is 13.1. The summed E-state index contributed by atoms with van der Waals surface area (Å²) >= 11 is 0. The summed E-state index contributed by atoms with van der Waals surface area (Å²) in [6.45, 7) is 3.15. The van der Waals surface area contributed by atoms with Gasteiger partial charge < -0.3 is 10.5 Å².